The van der Waals surface area contributed by atoms with Crippen LogP contribution < -0.4 is 5.32 Å². The van der Waals surface area contributed by atoms with Gasteiger partial charge in [0.25, 0.3) is 0 Å². The first kappa shape index (κ1) is 13.3. The molecule has 104 valence electrons. The fourth-order valence-corrected chi connectivity index (χ4v) is 2.90. The number of thiazole rings is 1. The van der Waals surface area contributed by atoms with Crippen molar-refractivity contribution in [3.8, 4) is 10.8 Å². The van der Waals surface area contributed by atoms with Gasteiger partial charge in [0, 0.05) is 6.54 Å². The summed E-state index contributed by atoms with van der Waals surface area (Å²) in [6, 6.07) is 11.9. The predicted molar refractivity (Wildman–Crippen MR) is 80.7 cm³/mol. The van der Waals surface area contributed by atoms with Crippen LogP contribution in [0.25, 0.3) is 21.0 Å². The Bertz CT molecular complexity index is 670. The van der Waals surface area contributed by atoms with E-state index in [0.29, 0.717) is 13.1 Å². The van der Waals surface area contributed by atoms with E-state index >= 15 is 0 Å². The minimum absolute atomic E-state index is 0.353. The molecule has 1 aromatic carbocycles. The van der Waals surface area contributed by atoms with Gasteiger partial charge >= 0.3 is 0 Å². The van der Waals surface area contributed by atoms with E-state index in [1.54, 1.807) is 18.3 Å². The van der Waals surface area contributed by atoms with Gasteiger partial charge in [0.1, 0.15) is 5.76 Å². The Hall–Kier alpha value is -1.69. The number of nitrogens with zero attached hydrogens (tertiary/aromatic N) is 1. The van der Waals surface area contributed by atoms with E-state index in [0.717, 1.165) is 26.7 Å². The highest BCUT2D eigenvalue weighted by atomic mass is 32.1. The monoisotopic (exact) mass is 288 g/mol. The van der Waals surface area contributed by atoms with Crippen LogP contribution in [-0.4, -0.2) is 22.7 Å². The zero-order valence-electron chi connectivity index (χ0n) is 11.2. The lowest BCUT2D eigenvalue weighted by Crippen LogP contribution is -2.23. The number of aliphatic hydroxyl groups is 1. The molecule has 3 rings (SSSR count). The van der Waals surface area contributed by atoms with E-state index < -0.39 is 0 Å². The zero-order chi connectivity index (χ0) is 13.9. The minimum atomic E-state index is -0.353. The third-order valence-corrected chi connectivity index (χ3v) is 3.96. The van der Waals surface area contributed by atoms with E-state index in [1.165, 1.54) is 0 Å². The molecule has 0 aliphatic carbocycles. The molecule has 0 aliphatic heterocycles. The van der Waals surface area contributed by atoms with Crippen molar-refractivity contribution in [2.45, 2.75) is 19.6 Å². The van der Waals surface area contributed by atoms with E-state index in [-0.39, 0.29) is 6.10 Å². The fourth-order valence-electron chi connectivity index (χ4n) is 1.97. The number of furan rings is 1. The van der Waals surface area contributed by atoms with Gasteiger partial charge in [-0.3, -0.25) is 0 Å². The Labute approximate surface area is 121 Å². The lowest BCUT2D eigenvalue weighted by atomic mass is 10.3. The van der Waals surface area contributed by atoms with Crippen LogP contribution in [0.1, 0.15) is 12.7 Å². The zero-order valence-corrected chi connectivity index (χ0v) is 12.0. The van der Waals surface area contributed by atoms with Crippen molar-refractivity contribution < 1.29 is 9.52 Å². The summed E-state index contributed by atoms with van der Waals surface area (Å²) in [7, 11) is 0. The topological polar surface area (TPSA) is 58.3 Å². The van der Waals surface area contributed by atoms with Crippen molar-refractivity contribution >= 4 is 21.6 Å². The van der Waals surface area contributed by atoms with Crippen LogP contribution in [0.5, 0.6) is 0 Å². The van der Waals surface area contributed by atoms with Crippen LogP contribution in [-0.2, 0) is 6.54 Å². The first-order valence-electron chi connectivity index (χ1n) is 6.56. The molecule has 0 radical (unpaired) electrons. The van der Waals surface area contributed by atoms with Crippen LogP contribution in [0.2, 0.25) is 0 Å². The smallest absolute Gasteiger partial charge is 0.163 e. The Morgan fingerprint density at radius 2 is 2.15 bits per heavy atom. The molecule has 0 spiro atoms. The second kappa shape index (κ2) is 5.75. The Morgan fingerprint density at radius 3 is 2.95 bits per heavy atom. The van der Waals surface area contributed by atoms with Crippen LogP contribution in [0.15, 0.2) is 40.8 Å². The van der Waals surface area contributed by atoms with Crippen molar-refractivity contribution in [1.82, 2.24) is 10.3 Å². The number of benzene rings is 1. The van der Waals surface area contributed by atoms with Crippen molar-refractivity contribution in [3.05, 3.63) is 42.2 Å². The number of fused-ring (bicyclic) bond motifs is 1. The highest BCUT2D eigenvalue weighted by Gasteiger charge is 2.10. The fraction of sp³-hybridized carbons (Fsp3) is 0.267. The van der Waals surface area contributed by atoms with Crippen LogP contribution in [0.4, 0.5) is 0 Å². The van der Waals surface area contributed by atoms with Gasteiger partial charge in [-0.1, -0.05) is 12.1 Å². The van der Waals surface area contributed by atoms with Gasteiger partial charge < -0.3 is 14.8 Å². The highest BCUT2D eigenvalue weighted by molar-refractivity contribution is 7.21. The number of para-hydroxylation sites is 1. The molecule has 20 heavy (non-hydrogen) atoms. The molecule has 4 nitrogen and oxygen atoms in total. The highest BCUT2D eigenvalue weighted by Crippen LogP contribution is 2.30. The number of nitrogens with one attached hydrogen (secondary N) is 1. The molecule has 2 N–H and O–H groups in total. The SMILES string of the molecule is CC(O)CNCc1ccc(-c2nc3ccccc3s2)o1. The Balaban J connectivity index is 1.75. The number of hydrogen-bond donors (Lipinski definition) is 2. The molecule has 1 atom stereocenters. The molecule has 0 amide bonds. The number of aliphatic hydroxyl groups excluding tert-OH is 1. The average molecular weight is 288 g/mol. The average Bonchev–Trinajstić information content (AvgIpc) is 3.03. The number of aromatic nitrogens is 1. The van der Waals surface area contributed by atoms with Crippen LogP contribution >= 0.6 is 11.3 Å². The van der Waals surface area contributed by atoms with E-state index in [4.69, 9.17) is 4.42 Å². The number of rotatable bonds is 5. The number of hydrogen-bond acceptors (Lipinski definition) is 5. The maximum absolute atomic E-state index is 9.19. The second-order valence-corrected chi connectivity index (χ2v) is 5.76. The van der Waals surface area contributed by atoms with Crippen molar-refractivity contribution in [3.63, 3.8) is 0 Å². The first-order valence-corrected chi connectivity index (χ1v) is 7.37. The quantitative estimate of drug-likeness (QED) is 0.757. The van der Waals surface area contributed by atoms with Crippen molar-refractivity contribution in [2.24, 2.45) is 0 Å². The maximum Gasteiger partial charge on any atom is 0.163 e. The lowest BCUT2D eigenvalue weighted by Gasteiger charge is -2.04. The molecule has 0 fully saturated rings. The third-order valence-electron chi connectivity index (χ3n) is 2.91. The molecular weight excluding hydrogens is 272 g/mol. The summed E-state index contributed by atoms with van der Waals surface area (Å²) >= 11 is 1.63. The second-order valence-electron chi connectivity index (χ2n) is 4.73. The summed E-state index contributed by atoms with van der Waals surface area (Å²) in [4.78, 5) is 4.57. The van der Waals surface area contributed by atoms with Gasteiger partial charge in [0.05, 0.1) is 22.9 Å². The predicted octanol–water partition coefficient (Wildman–Crippen LogP) is 3.03. The summed E-state index contributed by atoms with van der Waals surface area (Å²) in [5, 5.41) is 13.2. The molecule has 0 saturated carbocycles. The Kier molecular flexibility index (Phi) is 3.82. The van der Waals surface area contributed by atoms with Gasteiger partial charge in [-0.2, -0.15) is 0 Å². The summed E-state index contributed by atoms with van der Waals surface area (Å²) in [5.74, 6) is 1.64. The molecule has 0 saturated heterocycles. The van der Waals surface area contributed by atoms with Crippen molar-refractivity contribution in [1.29, 1.82) is 0 Å². The first-order chi connectivity index (χ1) is 9.72. The third kappa shape index (κ3) is 2.90. The van der Waals surface area contributed by atoms with E-state index in [2.05, 4.69) is 16.4 Å². The molecular formula is C15H16N2O2S. The van der Waals surface area contributed by atoms with Crippen molar-refractivity contribution in [2.75, 3.05) is 6.54 Å². The molecule has 0 bridgehead atoms. The van der Waals surface area contributed by atoms with Gasteiger partial charge in [-0.25, -0.2) is 4.98 Å². The molecule has 3 aromatic rings. The Morgan fingerprint density at radius 1 is 1.30 bits per heavy atom. The van der Waals surface area contributed by atoms with Gasteiger partial charge in [-0.05, 0) is 31.2 Å². The molecule has 2 aromatic heterocycles. The van der Waals surface area contributed by atoms with Gasteiger partial charge in [-0.15, -0.1) is 11.3 Å². The van der Waals surface area contributed by atoms with Gasteiger partial charge in [0.15, 0.2) is 10.8 Å². The van der Waals surface area contributed by atoms with E-state index in [1.807, 2.05) is 30.3 Å². The molecule has 1 unspecified atom stereocenters. The summed E-state index contributed by atoms with van der Waals surface area (Å²) < 4.78 is 6.94. The maximum atomic E-state index is 9.19. The summed E-state index contributed by atoms with van der Waals surface area (Å²) in [6.45, 7) is 2.91. The summed E-state index contributed by atoms with van der Waals surface area (Å²) in [5.41, 5.74) is 0.998. The standard InChI is InChI=1S/C15H16N2O2S/c1-10(18)8-16-9-11-6-7-13(19-11)15-17-12-4-2-3-5-14(12)20-15/h2-7,10,16,18H,8-9H2,1H3. The summed E-state index contributed by atoms with van der Waals surface area (Å²) in [6.07, 6.45) is -0.353. The van der Waals surface area contributed by atoms with Crippen LogP contribution in [0, 0.1) is 0 Å². The van der Waals surface area contributed by atoms with E-state index in [9.17, 15) is 5.11 Å². The largest absolute Gasteiger partial charge is 0.457 e. The minimum Gasteiger partial charge on any atom is -0.457 e. The normalized spacial score (nSPS) is 12.9. The van der Waals surface area contributed by atoms with Crippen LogP contribution in [0.3, 0.4) is 0 Å². The molecule has 2 heterocycles. The van der Waals surface area contributed by atoms with Gasteiger partial charge in [0.2, 0.25) is 0 Å². The lowest BCUT2D eigenvalue weighted by molar-refractivity contribution is 0.190. The molecule has 0 aliphatic rings. The molecule has 5 heteroatoms.